The summed E-state index contributed by atoms with van der Waals surface area (Å²) in [7, 11) is 3.43. The standard InChI is InChI=1S/C11H24N2O3/c1-14-7-4-13(5-8-15-2)9-11(12)3-6-16-10-11/h3-10,12H2,1-2H3. The van der Waals surface area contributed by atoms with Gasteiger partial charge in [-0.25, -0.2) is 0 Å². The van der Waals surface area contributed by atoms with Gasteiger partial charge in [0.1, 0.15) is 0 Å². The molecule has 1 atom stereocenters. The summed E-state index contributed by atoms with van der Waals surface area (Å²) >= 11 is 0. The summed E-state index contributed by atoms with van der Waals surface area (Å²) in [6.45, 7) is 5.50. The van der Waals surface area contributed by atoms with Crippen LogP contribution in [0.15, 0.2) is 0 Å². The summed E-state index contributed by atoms with van der Waals surface area (Å²) in [4.78, 5) is 2.28. The first kappa shape index (κ1) is 13.9. The molecule has 0 saturated carbocycles. The van der Waals surface area contributed by atoms with E-state index < -0.39 is 0 Å². The van der Waals surface area contributed by atoms with Crippen LogP contribution in [0.3, 0.4) is 0 Å². The summed E-state index contributed by atoms with van der Waals surface area (Å²) in [5.41, 5.74) is 6.06. The van der Waals surface area contributed by atoms with E-state index in [1.807, 2.05) is 0 Å². The highest BCUT2D eigenvalue weighted by atomic mass is 16.5. The van der Waals surface area contributed by atoms with Gasteiger partial charge in [0.2, 0.25) is 0 Å². The van der Waals surface area contributed by atoms with E-state index in [1.165, 1.54) is 0 Å². The van der Waals surface area contributed by atoms with Crippen LogP contribution in [0.25, 0.3) is 0 Å². The first-order valence-corrected chi connectivity index (χ1v) is 5.77. The van der Waals surface area contributed by atoms with Crippen molar-refractivity contribution in [2.75, 3.05) is 60.3 Å². The molecule has 0 aliphatic carbocycles. The van der Waals surface area contributed by atoms with Gasteiger partial charge in [-0.05, 0) is 6.42 Å². The molecule has 96 valence electrons. The Morgan fingerprint density at radius 2 is 1.88 bits per heavy atom. The molecular formula is C11H24N2O3. The number of hydrogen-bond donors (Lipinski definition) is 1. The zero-order valence-electron chi connectivity index (χ0n) is 10.4. The number of methoxy groups -OCH3 is 2. The molecule has 0 aromatic heterocycles. The molecule has 5 nitrogen and oxygen atoms in total. The summed E-state index contributed by atoms with van der Waals surface area (Å²) < 4.78 is 15.5. The molecule has 0 spiro atoms. The molecule has 0 aromatic rings. The van der Waals surface area contributed by atoms with E-state index in [-0.39, 0.29) is 5.54 Å². The predicted molar refractivity (Wildman–Crippen MR) is 62.5 cm³/mol. The molecule has 5 heteroatoms. The lowest BCUT2D eigenvalue weighted by Crippen LogP contribution is -2.52. The van der Waals surface area contributed by atoms with Crippen LogP contribution in [0, 0.1) is 0 Å². The Hall–Kier alpha value is -0.200. The number of nitrogens with two attached hydrogens (primary N) is 1. The van der Waals surface area contributed by atoms with Crippen molar-refractivity contribution < 1.29 is 14.2 Å². The Morgan fingerprint density at radius 1 is 1.25 bits per heavy atom. The SMILES string of the molecule is COCCN(CCOC)CC1(N)CCOC1. The third-order valence-electron chi connectivity index (χ3n) is 2.90. The second kappa shape index (κ2) is 7.19. The fourth-order valence-corrected chi connectivity index (χ4v) is 1.90. The Balaban J connectivity index is 2.34. The van der Waals surface area contributed by atoms with Crippen LogP contribution >= 0.6 is 0 Å². The molecule has 1 heterocycles. The largest absolute Gasteiger partial charge is 0.383 e. The monoisotopic (exact) mass is 232 g/mol. The molecule has 0 amide bonds. The summed E-state index contributed by atoms with van der Waals surface area (Å²) in [6.07, 6.45) is 0.934. The van der Waals surface area contributed by atoms with E-state index in [1.54, 1.807) is 14.2 Å². The zero-order valence-corrected chi connectivity index (χ0v) is 10.4. The molecule has 1 fully saturated rings. The molecular weight excluding hydrogens is 208 g/mol. The molecule has 0 radical (unpaired) electrons. The van der Waals surface area contributed by atoms with Crippen LogP contribution in [0.1, 0.15) is 6.42 Å². The quantitative estimate of drug-likeness (QED) is 0.622. The smallest absolute Gasteiger partial charge is 0.0659 e. The van der Waals surface area contributed by atoms with Gasteiger partial charge >= 0.3 is 0 Å². The maximum absolute atomic E-state index is 6.26. The third kappa shape index (κ3) is 4.76. The van der Waals surface area contributed by atoms with Crippen molar-refractivity contribution in [1.82, 2.24) is 4.90 Å². The maximum atomic E-state index is 6.26. The predicted octanol–water partition coefficient (Wildman–Crippen LogP) is -0.301. The minimum absolute atomic E-state index is 0.193. The second-order valence-corrected chi connectivity index (χ2v) is 4.43. The van der Waals surface area contributed by atoms with E-state index in [2.05, 4.69) is 4.90 Å². The molecule has 1 saturated heterocycles. The van der Waals surface area contributed by atoms with Crippen molar-refractivity contribution in [2.24, 2.45) is 5.73 Å². The van der Waals surface area contributed by atoms with Gasteiger partial charge in [-0.15, -0.1) is 0 Å². The van der Waals surface area contributed by atoms with Crippen LogP contribution in [0.4, 0.5) is 0 Å². The van der Waals surface area contributed by atoms with E-state index in [0.29, 0.717) is 6.61 Å². The number of rotatable bonds is 8. The van der Waals surface area contributed by atoms with Gasteiger partial charge in [-0.1, -0.05) is 0 Å². The van der Waals surface area contributed by atoms with Gasteiger partial charge in [0.05, 0.1) is 25.4 Å². The second-order valence-electron chi connectivity index (χ2n) is 4.43. The molecule has 0 bridgehead atoms. The number of nitrogens with zero attached hydrogens (tertiary/aromatic N) is 1. The summed E-state index contributed by atoms with van der Waals surface area (Å²) in [5.74, 6) is 0. The van der Waals surface area contributed by atoms with Gasteiger partial charge in [0.25, 0.3) is 0 Å². The molecule has 0 aromatic carbocycles. The molecule has 1 aliphatic rings. The normalized spacial score (nSPS) is 25.5. The minimum atomic E-state index is -0.193. The highest BCUT2D eigenvalue weighted by molar-refractivity contribution is 4.91. The van der Waals surface area contributed by atoms with Gasteiger partial charge in [0, 0.05) is 40.5 Å². The van der Waals surface area contributed by atoms with Crippen LogP contribution in [-0.2, 0) is 14.2 Å². The lowest BCUT2D eigenvalue weighted by molar-refractivity contribution is 0.0928. The van der Waals surface area contributed by atoms with Crippen molar-refractivity contribution in [3.05, 3.63) is 0 Å². The Labute approximate surface area is 97.8 Å². The van der Waals surface area contributed by atoms with Crippen LogP contribution in [-0.4, -0.2) is 70.7 Å². The van der Waals surface area contributed by atoms with Crippen molar-refractivity contribution >= 4 is 0 Å². The van der Waals surface area contributed by atoms with Crippen molar-refractivity contribution in [3.8, 4) is 0 Å². The van der Waals surface area contributed by atoms with E-state index in [0.717, 1.165) is 45.9 Å². The van der Waals surface area contributed by atoms with Crippen molar-refractivity contribution in [1.29, 1.82) is 0 Å². The highest BCUT2D eigenvalue weighted by Gasteiger charge is 2.32. The zero-order chi connectivity index (χ0) is 11.9. The average molecular weight is 232 g/mol. The molecule has 1 aliphatic heterocycles. The van der Waals surface area contributed by atoms with Gasteiger partial charge in [0.15, 0.2) is 0 Å². The Kier molecular flexibility index (Phi) is 6.23. The molecule has 2 N–H and O–H groups in total. The average Bonchev–Trinajstić information content (AvgIpc) is 2.69. The fourth-order valence-electron chi connectivity index (χ4n) is 1.90. The Bertz CT molecular complexity index is 176. The van der Waals surface area contributed by atoms with E-state index in [9.17, 15) is 0 Å². The van der Waals surface area contributed by atoms with Crippen LogP contribution in [0.5, 0.6) is 0 Å². The van der Waals surface area contributed by atoms with Gasteiger partial charge in [-0.2, -0.15) is 0 Å². The number of ether oxygens (including phenoxy) is 3. The minimum Gasteiger partial charge on any atom is -0.383 e. The molecule has 1 rings (SSSR count). The van der Waals surface area contributed by atoms with E-state index in [4.69, 9.17) is 19.9 Å². The third-order valence-corrected chi connectivity index (χ3v) is 2.90. The van der Waals surface area contributed by atoms with Crippen LogP contribution in [0.2, 0.25) is 0 Å². The van der Waals surface area contributed by atoms with Gasteiger partial charge in [-0.3, -0.25) is 4.90 Å². The van der Waals surface area contributed by atoms with Crippen molar-refractivity contribution in [2.45, 2.75) is 12.0 Å². The first-order chi connectivity index (χ1) is 7.70. The number of hydrogen-bond acceptors (Lipinski definition) is 5. The van der Waals surface area contributed by atoms with Crippen LogP contribution < -0.4 is 5.73 Å². The van der Waals surface area contributed by atoms with Gasteiger partial charge < -0.3 is 19.9 Å². The topological polar surface area (TPSA) is 57.0 Å². The Morgan fingerprint density at radius 3 is 2.31 bits per heavy atom. The highest BCUT2D eigenvalue weighted by Crippen LogP contribution is 2.16. The summed E-state index contributed by atoms with van der Waals surface area (Å²) in [5, 5.41) is 0. The maximum Gasteiger partial charge on any atom is 0.0659 e. The van der Waals surface area contributed by atoms with Crippen molar-refractivity contribution in [3.63, 3.8) is 0 Å². The van der Waals surface area contributed by atoms with E-state index >= 15 is 0 Å². The molecule has 1 unspecified atom stereocenters. The lowest BCUT2D eigenvalue weighted by atomic mass is 9.99. The fraction of sp³-hybridized carbons (Fsp3) is 1.00. The lowest BCUT2D eigenvalue weighted by Gasteiger charge is -2.30. The molecule has 16 heavy (non-hydrogen) atoms. The summed E-state index contributed by atoms with van der Waals surface area (Å²) in [6, 6.07) is 0. The first-order valence-electron chi connectivity index (χ1n) is 5.77.